The summed E-state index contributed by atoms with van der Waals surface area (Å²) in [6.07, 6.45) is 20.7. The van der Waals surface area contributed by atoms with Crippen molar-refractivity contribution in [1.82, 2.24) is 21.3 Å². The molecule has 0 aromatic carbocycles. The molecule has 0 spiro atoms. The van der Waals surface area contributed by atoms with Crippen LogP contribution in [0, 0.1) is 0 Å². The van der Waals surface area contributed by atoms with Crippen molar-refractivity contribution in [2.75, 3.05) is 79.1 Å². The maximum atomic E-state index is 12.3. The van der Waals surface area contributed by atoms with E-state index in [1.807, 2.05) is 0 Å². The average Bonchev–Trinajstić information content (AvgIpc) is 3.26. The number of carboxylic acids is 1. The highest BCUT2D eigenvalue weighted by atomic mass is 16.6. The second-order valence-corrected chi connectivity index (χ2v) is 15.7. The number of carbonyl (C=O) groups excluding carboxylic acids is 6. The van der Waals surface area contributed by atoms with Crippen LogP contribution >= 0.6 is 0 Å². The number of carbonyl (C=O) groups is 7. The fraction of sp³-hybridized carbons (Fsp3) is 0.844. The van der Waals surface area contributed by atoms with Gasteiger partial charge in [-0.2, -0.15) is 0 Å². The molecule has 18 heteroatoms. The van der Waals surface area contributed by atoms with Crippen molar-refractivity contribution in [3.63, 3.8) is 0 Å². The summed E-state index contributed by atoms with van der Waals surface area (Å²) < 4.78 is 21.7. The average molecular weight is 902 g/mol. The van der Waals surface area contributed by atoms with Crippen LogP contribution in [0.25, 0.3) is 0 Å². The molecule has 4 amide bonds. The lowest BCUT2D eigenvalue weighted by Crippen LogP contribution is -2.36. The van der Waals surface area contributed by atoms with Gasteiger partial charge in [-0.1, -0.05) is 77.0 Å². The van der Waals surface area contributed by atoms with E-state index < -0.39 is 12.0 Å². The number of aldehydes is 1. The molecule has 0 aromatic rings. The zero-order chi connectivity index (χ0) is 46.3. The topological polar surface area (TPSA) is 260 Å². The van der Waals surface area contributed by atoms with E-state index in [2.05, 4.69) is 26.1 Å². The second-order valence-electron chi connectivity index (χ2n) is 15.7. The van der Waals surface area contributed by atoms with Crippen molar-refractivity contribution in [2.45, 2.75) is 167 Å². The maximum Gasteiger partial charge on any atom is 0.303 e. The monoisotopic (exact) mass is 902 g/mol. The normalized spacial score (nSPS) is 11.5. The Morgan fingerprint density at radius 1 is 0.429 bits per heavy atom. The molecule has 0 radical (unpaired) electrons. The molecule has 7 N–H and O–H groups in total. The van der Waals surface area contributed by atoms with Gasteiger partial charge < -0.3 is 55.0 Å². The molecule has 63 heavy (non-hydrogen) atoms. The van der Waals surface area contributed by atoms with Crippen LogP contribution in [-0.4, -0.2) is 132 Å². The largest absolute Gasteiger partial charge is 0.481 e. The molecule has 0 saturated heterocycles. The van der Waals surface area contributed by atoms with E-state index in [1.165, 1.54) is 51.4 Å². The van der Waals surface area contributed by atoms with E-state index in [0.717, 1.165) is 44.8 Å². The Bertz CT molecular complexity index is 1180. The summed E-state index contributed by atoms with van der Waals surface area (Å²) in [6, 6.07) is -0.513. The lowest BCUT2D eigenvalue weighted by Gasteiger charge is -2.13. The minimum atomic E-state index is -0.703. The molecule has 0 bridgehead atoms. The van der Waals surface area contributed by atoms with Crippen molar-refractivity contribution in [3.05, 3.63) is 0 Å². The molecule has 366 valence electrons. The minimum Gasteiger partial charge on any atom is -0.481 e. The van der Waals surface area contributed by atoms with Gasteiger partial charge in [-0.3, -0.25) is 28.8 Å². The number of aliphatic carboxylic acids is 1. The molecule has 0 rings (SSSR count). The Kier molecular flexibility index (Phi) is 43.8. The van der Waals surface area contributed by atoms with Crippen molar-refractivity contribution in [3.8, 4) is 0 Å². The molecular weight excluding hydrogens is 819 g/mol. The van der Waals surface area contributed by atoms with Crippen LogP contribution in [0.4, 0.5) is 0 Å². The van der Waals surface area contributed by atoms with Gasteiger partial charge in [0.1, 0.15) is 12.1 Å². The third-order valence-electron chi connectivity index (χ3n) is 10.00. The molecule has 0 aliphatic rings. The van der Waals surface area contributed by atoms with Crippen LogP contribution in [0.15, 0.2) is 0 Å². The first-order valence-electron chi connectivity index (χ1n) is 23.6. The quantitative estimate of drug-likeness (QED) is 0.0282. The maximum absolute atomic E-state index is 12.3. The summed E-state index contributed by atoms with van der Waals surface area (Å²) in [6.45, 7) is 3.87. The third-order valence-corrected chi connectivity index (χ3v) is 10.00. The van der Waals surface area contributed by atoms with E-state index in [0.29, 0.717) is 104 Å². The van der Waals surface area contributed by atoms with E-state index >= 15 is 0 Å². The summed E-state index contributed by atoms with van der Waals surface area (Å²) in [4.78, 5) is 86.2. The van der Waals surface area contributed by atoms with Crippen LogP contribution in [0.3, 0.4) is 0 Å². The lowest BCUT2D eigenvalue weighted by atomic mass is 10.0. The fourth-order valence-corrected chi connectivity index (χ4v) is 6.35. The summed E-state index contributed by atoms with van der Waals surface area (Å²) in [5.41, 5.74) is 0. The number of carboxylic acid groups (broad SMARTS) is 1. The summed E-state index contributed by atoms with van der Waals surface area (Å²) in [5, 5.41) is 19.8. The highest BCUT2D eigenvalue weighted by molar-refractivity contribution is 5.85. The van der Waals surface area contributed by atoms with Crippen molar-refractivity contribution < 1.29 is 62.5 Å². The van der Waals surface area contributed by atoms with Crippen molar-refractivity contribution >= 4 is 41.7 Å². The Morgan fingerprint density at radius 3 is 1.35 bits per heavy atom. The van der Waals surface area contributed by atoms with E-state index in [-0.39, 0.29) is 74.7 Å². The summed E-state index contributed by atoms with van der Waals surface area (Å²) >= 11 is 0. The number of nitrogens with one attached hydrogen (secondary N) is 4. The molecule has 0 unspecified atom stereocenters. The first-order chi connectivity index (χ1) is 30.7. The molecule has 0 fully saturated rings. The zero-order valence-electron chi connectivity index (χ0n) is 38.2. The molecule has 0 aromatic heterocycles. The number of hydrogen-bond acceptors (Lipinski definition) is 13. The van der Waals surface area contributed by atoms with Crippen LogP contribution < -0.4 is 27.2 Å². The van der Waals surface area contributed by atoms with Gasteiger partial charge in [0.25, 0.3) is 0 Å². The number of ether oxygens (including phenoxy) is 4. The van der Waals surface area contributed by atoms with Gasteiger partial charge in [0.2, 0.25) is 23.6 Å². The van der Waals surface area contributed by atoms with Gasteiger partial charge in [0.15, 0.2) is 0 Å². The molecule has 0 heterocycles. The molecule has 1 atom stereocenters. The summed E-state index contributed by atoms with van der Waals surface area (Å²) in [5.74, 6) is 3.61. The smallest absolute Gasteiger partial charge is 0.303 e. The Morgan fingerprint density at radius 2 is 0.873 bits per heavy atom. The Balaban J connectivity index is 3.51. The highest BCUT2D eigenvalue weighted by Crippen LogP contribution is 2.14. The number of Topliss-reactive ketones (excluding diaryl/α,β-unsaturated/α-hetero) is 1. The number of amides is 4. The van der Waals surface area contributed by atoms with Crippen LogP contribution in [0.1, 0.15) is 161 Å². The predicted octanol–water partition coefficient (Wildman–Crippen LogP) is 4.38. The van der Waals surface area contributed by atoms with Gasteiger partial charge in [-0.25, -0.2) is 5.90 Å². The number of rotatable bonds is 49. The first-order valence-corrected chi connectivity index (χ1v) is 23.6. The minimum absolute atomic E-state index is 0.00716. The van der Waals surface area contributed by atoms with Crippen LogP contribution in [0.5, 0.6) is 0 Å². The second kappa shape index (κ2) is 46.4. The van der Waals surface area contributed by atoms with Gasteiger partial charge >= 0.3 is 5.97 Å². The predicted molar refractivity (Wildman–Crippen MR) is 239 cm³/mol. The van der Waals surface area contributed by atoms with Crippen molar-refractivity contribution in [1.29, 1.82) is 0 Å². The van der Waals surface area contributed by atoms with Crippen LogP contribution in [0.2, 0.25) is 0 Å². The summed E-state index contributed by atoms with van der Waals surface area (Å²) in [7, 11) is 0. The number of hydrogen-bond donors (Lipinski definition) is 6. The molecule has 18 nitrogen and oxygen atoms in total. The number of ketones is 1. The lowest BCUT2D eigenvalue weighted by molar-refractivity contribution is -0.137. The molecular formula is C45H83N5O13. The van der Waals surface area contributed by atoms with Gasteiger partial charge in [-0.15, -0.1) is 0 Å². The van der Waals surface area contributed by atoms with E-state index in [1.54, 1.807) is 0 Å². The van der Waals surface area contributed by atoms with Gasteiger partial charge in [0, 0.05) is 64.6 Å². The fourth-order valence-electron chi connectivity index (χ4n) is 6.35. The van der Waals surface area contributed by atoms with E-state index in [4.69, 9.17) is 30.0 Å². The molecule has 0 saturated carbocycles. The van der Waals surface area contributed by atoms with Crippen LogP contribution in [-0.2, 0) is 57.3 Å². The first kappa shape index (κ1) is 59.5. The number of unbranched alkanes of at least 4 members (excludes halogenated alkanes) is 14. The standard InChI is InChI=1S/C45H83N5O13/c46-63-29-17-19-40(52)22-23-41(53)48-27-32-61-36-35-60-31-25-43(55)49-28-33-62-37-34-59-30-24-42(54)47-26-16-15-18-39(38-51)50-44(56)20-13-11-9-7-5-3-1-2-4-6-8-10-12-14-21-45(57)58/h38-39H,1-37,46H2,(H,47,54)(H,48,53)(H,49,55)(H,50,56)(H,57,58)/t39-/m0/s1. The van der Waals surface area contributed by atoms with E-state index in [9.17, 15) is 33.6 Å². The SMILES string of the molecule is NOCCCC(=O)CCC(=O)NCCOCCOCCC(=O)NCCOCCOCCC(=O)NCCCC[C@@H](C=O)NC(=O)CCCCCCCCCCCCCCCCC(=O)O. The molecule has 0 aliphatic carbocycles. The Hall–Kier alpha value is -3.55. The van der Waals surface area contributed by atoms with Gasteiger partial charge in [-0.05, 0) is 38.5 Å². The number of nitrogens with two attached hydrogens (primary N) is 1. The molecule has 0 aliphatic heterocycles. The zero-order valence-corrected chi connectivity index (χ0v) is 38.2. The third kappa shape index (κ3) is 46.3. The van der Waals surface area contributed by atoms with Crippen molar-refractivity contribution in [2.24, 2.45) is 5.90 Å². The highest BCUT2D eigenvalue weighted by Gasteiger charge is 2.12. The Labute approximate surface area is 376 Å². The van der Waals surface area contributed by atoms with Gasteiger partial charge in [0.05, 0.1) is 65.5 Å².